The fourth-order valence-electron chi connectivity index (χ4n) is 3.06. The van der Waals surface area contributed by atoms with Gasteiger partial charge in [0.25, 0.3) is 5.91 Å². The van der Waals surface area contributed by atoms with Crippen molar-refractivity contribution < 1.29 is 28.1 Å². The van der Waals surface area contributed by atoms with Crippen molar-refractivity contribution in [2.24, 2.45) is 0 Å². The molecule has 10 nitrogen and oxygen atoms in total. The largest absolute Gasteiger partial charge is 0.444 e. The minimum Gasteiger partial charge on any atom is -0.444 e. The van der Waals surface area contributed by atoms with Gasteiger partial charge < -0.3 is 20.3 Å². The lowest BCUT2D eigenvalue weighted by Crippen LogP contribution is -2.54. The molecule has 0 radical (unpaired) electrons. The molecule has 30 heavy (non-hydrogen) atoms. The second-order valence-corrected chi connectivity index (χ2v) is 10.00. The molecular formula is C19H32N4O6S. The standard InChI is InChI=1S/C19H32N4O6S/c1-5-13(16(25)22-30(28)12-8-9-12)21-17(26)14-7-6-10-23(14)15(24)11-20-18(27)29-19(2,3)4/h12-14H,5-11H2,1-4H3,(H,20,27)(H,21,26)(H,22,25). The van der Waals surface area contributed by atoms with Crippen LogP contribution in [-0.2, 0) is 30.1 Å². The molecule has 2 aliphatic rings. The van der Waals surface area contributed by atoms with Gasteiger partial charge in [0, 0.05) is 6.54 Å². The summed E-state index contributed by atoms with van der Waals surface area (Å²) in [6, 6.07) is -1.54. The minimum atomic E-state index is -1.43. The average molecular weight is 445 g/mol. The van der Waals surface area contributed by atoms with E-state index in [0.29, 0.717) is 25.8 Å². The predicted octanol–water partition coefficient (Wildman–Crippen LogP) is 0.339. The number of carbonyl (C=O) groups excluding carboxylic acids is 4. The van der Waals surface area contributed by atoms with Gasteiger partial charge in [-0.3, -0.25) is 19.1 Å². The van der Waals surface area contributed by atoms with Crippen molar-refractivity contribution in [1.29, 1.82) is 0 Å². The van der Waals surface area contributed by atoms with Gasteiger partial charge in [0.1, 0.15) is 35.2 Å². The molecule has 1 saturated carbocycles. The monoisotopic (exact) mass is 444 g/mol. The Kier molecular flexibility index (Phi) is 8.22. The molecule has 1 aliphatic carbocycles. The van der Waals surface area contributed by atoms with Crippen LogP contribution in [-0.4, -0.2) is 68.9 Å². The first-order valence-electron chi connectivity index (χ1n) is 10.3. The third kappa shape index (κ3) is 7.26. The molecular weight excluding hydrogens is 412 g/mol. The van der Waals surface area contributed by atoms with Crippen LogP contribution in [0.2, 0.25) is 0 Å². The van der Waals surface area contributed by atoms with Gasteiger partial charge in [0.15, 0.2) is 0 Å². The molecule has 0 aromatic heterocycles. The van der Waals surface area contributed by atoms with E-state index in [4.69, 9.17) is 4.74 Å². The third-order valence-electron chi connectivity index (χ3n) is 4.73. The number of rotatable bonds is 8. The number of amides is 4. The quantitative estimate of drug-likeness (QED) is 0.494. The van der Waals surface area contributed by atoms with Gasteiger partial charge in [-0.2, -0.15) is 0 Å². The highest BCUT2D eigenvalue weighted by atomic mass is 32.2. The summed E-state index contributed by atoms with van der Waals surface area (Å²) in [5.41, 5.74) is -0.678. The van der Waals surface area contributed by atoms with Crippen molar-refractivity contribution in [3.63, 3.8) is 0 Å². The molecule has 0 aromatic rings. The Bertz CT molecular complexity index is 704. The van der Waals surface area contributed by atoms with Crippen LogP contribution in [0.5, 0.6) is 0 Å². The molecule has 0 bridgehead atoms. The molecule has 0 spiro atoms. The van der Waals surface area contributed by atoms with Crippen molar-refractivity contribution in [2.45, 2.75) is 82.7 Å². The van der Waals surface area contributed by atoms with Crippen molar-refractivity contribution in [3.8, 4) is 0 Å². The molecule has 4 amide bonds. The topological polar surface area (TPSA) is 134 Å². The van der Waals surface area contributed by atoms with Crippen LogP contribution in [0.15, 0.2) is 0 Å². The fraction of sp³-hybridized carbons (Fsp3) is 0.789. The number of hydrogen-bond donors (Lipinski definition) is 3. The molecule has 1 aliphatic heterocycles. The summed E-state index contributed by atoms with van der Waals surface area (Å²) in [6.45, 7) is 7.01. The summed E-state index contributed by atoms with van der Waals surface area (Å²) in [6.07, 6.45) is 2.39. The van der Waals surface area contributed by atoms with E-state index in [2.05, 4.69) is 15.4 Å². The Hall–Kier alpha value is -2.17. The van der Waals surface area contributed by atoms with E-state index in [-0.39, 0.29) is 11.8 Å². The van der Waals surface area contributed by atoms with Gasteiger partial charge in [0.05, 0.1) is 5.25 Å². The summed E-state index contributed by atoms with van der Waals surface area (Å²) in [4.78, 5) is 50.7. The second-order valence-electron chi connectivity index (χ2n) is 8.53. The Balaban J connectivity index is 1.87. The predicted molar refractivity (Wildman–Crippen MR) is 111 cm³/mol. The summed E-state index contributed by atoms with van der Waals surface area (Å²) in [5, 5.41) is 5.07. The number of alkyl carbamates (subject to hydrolysis) is 1. The van der Waals surface area contributed by atoms with Gasteiger partial charge >= 0.3 is 6.09 Å². The van der Waals surface area contributed by atoms with Gasteiger partial charge in [0.2, 0.25) is 11.8 Å². The number of hydrogen-bond acceptors (Lipinski definition) is 6. The van der Waals surface area contributed by atoms with Crippen molar-refractivity contribution in [2.75, 3.05) is 13.1 Å². The van der Waals surface area contributed by atoms with E-state index in [1.165, 1.54) is 4.90 Å². The summed E-state index contributed by atoms with van der Waals surface area (Å²) >= 11 is 0. The van der Waals surface area contributed by atoms with Crippen LogP contribution >= 0.6 is 0 Å². The van der Waals surface area contributed by atoms with E-state index in [9.17, 15) is 23.4 Å². The Labute approximate surface area is 179 Å². The van der Waals surface area contributed by atoms with E-state index in [0.717, 1.165) is 12.8 Å². The van der Waals surface area contributed by atoms with Crippen LogP contribution in [0.25, 0.3) is 0 Å². The first-order chi connectivity index (χ1) is 14.0. The normalized spacial score (nSPS) is 20.8. The van der Waals surface area contributed by atoms with Gasteiger partial charge in [-0.25, -0.2) is 9.00 Å². The lowest BCUT2D eigenvalue weighted by Gasteiger charge is -2.26. The molecule has 3 atom stereocenters. The molecule has 2 fully saturated rings. The fourth-order valence-corrected chi connectivity index (χ4v) is 4.13. The van der Waals surface area contributed by atoms with E-state index in [1.807, 2.05) is 0 Å². The zero-order chi connectivity index (χ0) is 22.5. The van der Waals surface area contributed by atoms with E-state index < -0.39 is 52.5 Å². The summed E-state index contributed by atoms with van der Waals surface area (Å²) in [7, 11) is -1.43. The van der Waals surface area contributed by atoms with Crippen LogP contribution in [0.1, 0.15) is 59.8 Å². The summed E-state index contributed by atoms with van der Waals surface area (Å²) < 4.78 is 19.5. The Morgan fingerprint density at radius 2 is 1.83 bits per heavy atom. The molecule has 2 rings (SSSR count). The highest BCUT2D eigenvalue weighted by molar-refractivity contribution is 7.84. The molecule has 0 aromatic carbocycles. The van der Waals surface area contributed by atoms with Crippen molar-refractivity contribution >= 4 is 34.8 Å². The second kappa shape index (κ2) is 10.2. The maximum Gasteiger partial charge on any atom is 0.408 e. The Morgan fingerprint density at radius 3 is 2.40 bits per heavy atom. The smallest absolute Gasteiger partial charge is 0.408 e. The maximum atomic E-state index is 12.7. The molecule has 3 unspecified atom stereocenters. The van der Waals surface area contributed by atoms with E-state index in [1.54, 1.807) is 27.7 Å². The molecule has 11 heteroatoms. The van der Waals surface area contributed by atoms with Crippen molar-refractivity contribution in [3.05, 3.63) is 0 Å². The highest BCUT2D eigenvalue weighted by Gasteiger charge is 2.36. The van der Waals surface area contributed by atoms with Crippen LogP contribution in [0, 0.1) is 0 Å². The lowest BCUT2D eigenvalue weighted by atomic mass is 10.1. The summed E-state index contributed by atoms with van der Waals surface area (Å²) in [5.74, 6) is -1.32. The van der Waals surface area contributed by atoms with Crippen LogP contribution < -0.4 is 15.4 Å². The SMILES string of the molecule is CCC(NC(=O)C1CCCN1C(=O)CNC(=O)OC(C)(C)C)C(=O)NS(=O)C1CC1. The molecule has 3 N–H and O–H groups in total. The number of nitrogens with one attached hydrogen (secondary N) is 3. The van der Waals surface area contributed by atoms with E-state index >= 15 is 0 Å². The highest BCUT2D eigenvalue weighted by Crippen LogP contribution is 2.24. The first-order valence-corrected chi connectivity index (χ1v) is 11.5. The van der Waals surface area contributed by atoms with Gasteiger partial charge in [-0.15, -0.1) is 0 Å². The van der Waals surface area contributed by atoms with Gasteiger partial charge in [-0.05, 0) is 52.9 Å². The third-order valence-corrected chi connectivity index (χ3v) is 6.21. The first kappa shape index (κ1) is 24.1. The molecule has 1 heterocycles. The minimum absolute atomic E-state index is 0.00239. The number of likely N-dealkylation sites (tertiary alicyclic amines) is 1. The Morgan fingerprint density at radius 1 is 1.17 bits per heavy atom. The van der Waals surface area contributed by atoms with Crippen molar-refractivity contribution in [1.82, 2.24) is 20.3 Å². The lowest BCUT2D eigenvalue weighted by molar-refractivity contribution is -0.138. The number of nitrogens with zero attached hydrogens (tertiary/aromatic N) is 1. The number of carbonyl (C=O) groups is 4. The zero-order valence-electron chi connectivity index (χ0n) is 18.0. The maximum absolute atomic E-state index is 12.7. The number of ether oxygens (including phenoxy) is 1. The average Bonchev–Trinajstić information content (AvgIpc) is 3.39. The van der Waals surface area contributed by atoms with Crippen LogP contribution in [0.3, 0.4) is 0 Å². The van der Waals surface area contributed by atoms with Gasteiger partial charge in [-0.1, -0.05) is 6.92 Å². The molecule has 170 valence electrons. The van der Waals surface area contributed by atoms with Crippen LogP contribution in [0.4, 0.5) is 4.79 Å². The zero-order valence-corrected chi connectivity index (χ0v) is 18.8. The molecule has 1 saturated heterocycles.